The Bertz CT molecular complexity index is 202. The second-order valence-electron chi connectivity index (χ2n) is 1.98. The number of aliphatic carboxylic acids is 1. The topological polar surface area (TPSA) is 95.5 Å². The van der Waals surface area contributed by atoms with Crippen LogP contribution in [0.3, 0.4) is 0 Å². The smallest absolute Gasteiger partial charge is 0.309 e. The van der Waals surface area contributed by atoms with Crippen LogP contribution in [0.25, 0.3) is 0 Å². The van der Waals surface area contributed by atoms with Crippen LogP contribution in [0, 0.1) is 0 Å². The summed E-state index contributed by atoms with van der Waals surface area (Å²) < 4.78 is 0. The van der Waals surface area contributed by atoms with E-state index in [2.05, 4.69) is 10.6 Å². The molecule has 6 nitrogen and oxygen atoms in total. The zero-order valence-electron chi connectivity index (χ0n) is 6.59. The summed E-state index contributed by atoms with van der Waals surface area (Å²) in [6.07, 6.45) is -0.192. The van der Waals surface area contributed by atoms with E-state index in [9.17, 15) is 14.4 Å². The molecule has 3 N–H and O–H groups in total. The van der Waals surface area contributed by atoms with Gasteiger partial charge in [0.2, 0.25) is 0 Å². The summed E-state index contributed by atoms with van der Waals surface area (Å²) in [6.45, 7) is -0.0401. The number of carbonyl (C=O) groups excluding carboxylic acids is 2. The number of nitrogens with one attached hydrogen (secondary N) is 2. The average Bonchev–Trinajstić information content (AvgIpc) is 2.02. The quantitative estimate of drug-likeness (QED) is 0.445. The average molecular weight is 174 g/mol. The van der Waals surface area contributed by atoms with Gasteiger partial charge >= 0.3 is 17.8 Å². The summed E-state index contributed by atoms with van der Waals surface area (Å²) >= 11 is 0. The van der Waals surface area contributed by atoms with Crippen LogP contribution in [0.2, 0.25) is 0 Å². The maximum absolute atomic E-state index is 10.6. The minimum Gasteiger partial charge on any atom is -0.481 e. The Morgan fingerprint density at radius 2 is 1.83 bits per heavy atom. The van der Waals surface area contributed by atoms with Crippen molar-refractivity contribution in [3.8, 4) is 0 Å². The first-order valence-electron chi connectivity index (χ1n) is 3.29. The van der Waals surface area contributed by atoms with Gasteiger partial charge in [-0.25, -0.2) is 0 Å². The number of likely N-dealkylation sites (N-methyl/N-ethyl adjacent to an activating group) is 1. The molecule has 0 spiro atoms. The standard InChI is InChI=1S/C6H10N2O4/c1-7-5(11)6(12)8-3-2-4(9)10/h2-3H2,1H3,(H,7,11)(H,8,12)(H,9,10). The molecule has 0 atom stereocenters. The predicted molar refractivity (Wildman–Crippen MR) is 39.3 cm³/mol. The van der Waals surface area contributed by atoms with E-state index < -0.39 is 17.8 Å². The number of hydrogen-bond donors (Lipinski definition) is 3. The fourth-order valence-electron chi connectivity index (χ4n) is 0.477. The first-order chi connectivity index (χ1) is 5.57. The minimum absolute atomic E-state index is 0.0401. The molecule has 0 aliphatic rings. The minimum atomic E-state index is -1.02. The van der Waals surface area contributed by atoms with Gasteiger partial charge < -0.3 is 15.7 Å². The number of carbonyl (C=O) groups is 3. The normalized spacial score (nSPS) is 8.75. The van der Waals surface area contributed by atoms with Crippen molar-refractivity contribution in [3.05, 3.63) is 0 Å². The highest BCUT2D eigenvalue weighted by Gasteiger charge is 2.09. The zero-order valence-corrected chi connectivity index (χ0v) is 6.59. The van der Waals surface area contributed by atoms with Gasteiger partial charge in [0, 0.05) is 13.6 Å². The molecule has 0 heterocycles. The molecular formula is C6H10N2O4. The Balaban J connectivity index is 3.58. The Kier molecular flexibility index (Phi) is 4.43. The number of carboxylic acids is 1. The van der Waals surface area contributed by atoms with E-state index in [4.69, 9.17) is 5.11 Å². The van der Waals surface area contributed by atoms with Gasteiger partial charge in [-0.2, -0.15) is 0 Å². The molecule has 0 aliphatic carbocycles. The van der Waals surface area contributed by atoms with E-state index in [1.54, 1.807) is 0 Å². The molecule has 6 heteroatoms. The number of hydrogen-bond acceptors (Lipinski definition) is 3. The summed E-state index contributed by atoms with van der Waals surface area (Å²) in [6, 6.07) is 0. The Morgan fingerprint density at radius 1 is 1.25 bits per heavy atom. The van der Waals surface area contributed by atoms with E-state index in [1.165, 1.54) is 7.05 Å². The fourth-order valence-corrected chi connectivity index (χ4v) is 0.477. The van der Waals surface area contributed by atoms with Crippen LogP contribution in [0.4, 0.5) is 0 Å². The monoisotopic (exact) mass is 174 g/mol. The van der Waals surface area contributed by atoms with Crippen LogP contribution in [0.5, 0.6) is 0 Å². The lowest BCUT2D eigenvalue weighted by atomic mass is 10.4. The van der Waals surface area contributed by atoms with Crippen LogP contribution in [0.1, 0.15) is 6.42 Å². The van der Waals surface area contributed by atoms with Crippen LogP contribution < -0.4 is 10.6 Å². The molecule has 0 bridgehead atoms. The van der Waals surface area contributed by atoms with Gasteiger partial charge in [0.25, 0.3) is 0 Å². The van der Waals surface area contributed by atoms with Crippen molar-refractivity contribution in [2.75, 3.05) is 13.6 Å². The third-order valence-electron chi connectivity index (χ3n) is 1.06. The van der Waals surface area contributed by atoms with Crippen molar-refractivity contribution in [2.45, 2.75) is 6.42 Å². The maximum atomic E-state index is 10.6. The van der Waals surface area contributed by atoms with Crippen molar-refractivity contribution in [3.63, 3.8) is 0 Å². The Hall–Kier alpha value is -1.59. The highest BCUT2D eigenvalue weighted by Crippen LogP contribution is 1.75. The molecule has 0 aliphatic heterocycles. The highest BCUT2D eigenvalue weighted by atomic mass is 16.4. The molecule has 0 aromatic rings. The van der Waals surface area contributed by atoms with Crippen LogP contribution in [-0.2, 0) is 14.4 Å². The van der Waals surface area contributed by atoms with Gasteiger partial charge in [-0.1, -0.05) is 0 Å². The van der Waals surface area contributed by atoms with Crippen LogP contribution >= 0.6 is 0 Å². The third-order valence-corrected chi connectivity index (χ3v) is 1.06. The van der Waals surface area contributed by atoms with Crippen LogP contribution in [-0.4, -0.2) is 36.5 Å². The van der Waals surface area contributed by atoms with Gasteiger partial charge in [0.15, 0.2) is 0 Å². The molecule has 0 aromatic heterocycles. The first-order valence-corrected chi connectivity index (χ1v) is 3.29. The Morgan fingerprint density at radius 3 is 2.25 bits per heavy atom. The van der Waals surface area contributed by atoms with E-state index in [1.807, 2.05) is 0 Å². The second-order valence-corrected chi connectivity index (χ2v) is 1.98. The summed E-state index contributed by atoms with van der Waals surface area (Å²) in [4.78, 5) is 31.1. The lowest BCUT2D eigenvalue weighted by Crippen LogP contribution is -2.38. The van der Waals surface area contributed by atoms with Crippen molar-refractivity contribution in [2.24, 2.45) is 0 Å². The molecule has 0 radical (unpaired) electrons. The molecule has 0 saturated heterocycles. The molecule has 0 unspecified atom stereocenters. The van der Waals surface area contributed by atoms with Gasteiger partial charge in [-0.3, -0.25) is 14.4 Å². The lowest BCUT2D eigenvalue weighted by Gasteiger charge is -2.00. The molecule has 2 amide bonds. The van der Waals surface area contributed by atoms with Gasteiger partial charge in [0.1, 0.15) is 0 Å². The van der Waals surface area contributed by atoms with E-state index in [-0.39, 0.29) is 13.0 Å². The van der Waals surface area contributed by atoms with Crippen LogP contribution in [0.15, 0.2) is 0 Å². The summed E-state index contributed by atoms with van der Waals surface area (Å²) in [5, 5.41) is 12.4. The predicted octanol–water partition coefficient (Wildman–Crippen LogP) is -1.68. The second kappa shape index (κ2) is 5.11. The number of amides is 2. The van der Waals surface area contributed by atoms with Crippen molar-refractivity contribution < 1.29 is 19.5 Å². The zero-order chi connectivity index (χ0) is 9.56. The summed E-state index contributed by atoms with van der Waals surface area (Å²) in [5.74, 6) is -2.62. The first kappa shape index (κ1) is 10.4. The van der Waals surface area contributed by atoms with E-state index in [0.717, 1.165) is 0 Å². The lowest BCUT2D eigenvalue weighted by molar-refractivity contribution is -0.140. The van der Waals surface area contributed by atoms with Crippen molar-refractivity contribution in [1.29, 1.82) is 0 Å². The fraction of sp³-hybridized carbons (Fsp3) is 0.500. The molecule has 0 rings (SSSR count). The highest BCUT2D eigenvalue weighted by molar-refractivity contribution is 6.35. The van der Waals surface area contributed by atoms with E-state index in [0.29, 0.717) is 0 Å². The largest absolute Gasteiger partial charge is 0.481 e. The molecular weight excluding hydrogens is 164 g/mol. The Labute approximate surface area is 68.9 Å². The summed E-state index contributed by atoms with van der Waals surface area (Å²) in [7, 11) is 1.32. The van der Waals surface area contributed by atoms with Crippen molar-refractivity contribution >= 4 is 17.8 Å². The van der Waals surface area contributed by atoms with Gasteiger partial charge in [0.05, 0.1) is 6.42 Å². The molecule has 0 fully saturated rings. The number of rotatable bonds is 3. The molecule has 0 aromatic carbocycles. The third kappa shape index (κ3) is 4.26. The molecule has 68 valence electrons. The molecule has 0 saturated carbocycles. The molecule has 12 heavy (non-hydrogen) atoms. The van der Waals surface area contributed by atoms with E-state index >= 15 is 0 Å². The van der Waals surface area contributed by atoms with Crippen molar-refractivity contribution in [1.82, 2.24) is 10.6 Å². The maximum Gasteiger partial charge on any atom is 0.309 e. The number of carboxylic acid groups (broad SMARTS) is 1. The SMILES string of the molecule is CNC(=O)C(=O)NCCC(=O)O. The van der Waals surface area contributed by atoms with Gasteiger partial charge in [-0.15, -0.1) is 0 Å². The van der Waals surface area contributed by atoms with Gasteiger partial charge in [-0.05, 0) is 0 Å². The summed E-state index contributed by atoms with van der Waals surface area (Å²) in [5.41, 5.74) is 0.